The molecular weight excluding hydrogens is 198 g/mol. The van der Waals surface area contributed by atoms with Gasteiger partial charge in [-0.25, -0.2) is 9.97 Å². The van der Waals surface area contributed by atoms with Crippen molar-refractivity contribution in [2.45, 2.75) is 45.4 Å². The number of fused-ring (bicyclic) bond motifs is 2. The molecule has 86 valence electrons. The van der Waals surface area contributed by atoms with Gasteiger partial charge in [0.25, 0.3) is 0 Å². The minimum absolute atomic E-state index is 0.584. The molecule has 2 fully saturated rings. The van der Waals surface area contributed by atoms with Crippen LogP contribution in [0.3, 0.4) is 0 Å². The summed E-state index contributed by atoms with van der Waals surface area (Å²) in [5.74, 6) is 4.02. The molecular formula is C13H19N3. The monoisotopic (exact) mass is 217 g/mol. The number of anilines is 1. The summed E-state index contributed by atoms with van der Waals surface area (Å²) in [4.78, 5) is 9.14. The van der Waals surface area contributed by atoms with Gasteiger partial charge in [0.1, 0.15) is 11.6 Å². The summed E-state index contributed by atoms with van der Waals surface area (Å²) < 4.78 is 0. The quantitative estimate of drug-likeness (QED) is 0.786. The summed E-state index contributed by atoms with van der Waals surface area (Å²) in [5, 5.41) is 0. The number of rotatable bonds is 1. The van der Waals surface area contributed by atoms with Gasteiger partial charge < -0.3 is 5.73 Å². The third-order valence-electron chi connectivity index (χ3n) is 4.51. The molecule has 1 heterocycles. The zero-order valence-electron chi connectivity index (χ0n) is 10.0. The van der Waals surface area contributed by atoms with Gasteiger partial charge in [0.05, 0.1) is 0 Å². The Morgan fingerprint density at radius 2 is 1.94 bits per heavy atom. The van der Waals surface area contributed by atoms with Crippen molar-refractivity contribution in [1.29, 1.82) is 0 Å². The number of nitrogen functional groups attached to an aromatic ring is 1. The SMILES string of the molecule is Cc1nc(C2CC3CCC2C3)nc(N)c1C. The van der Waals surface area contributed by atoms with E-state index in [1.54, 1.807) is 0 Å². The molecule has 1 aromatic heterocycles. The van der Waals surface area contributed by atoms with Crippen LogP contribution in [0.1, 0.15) is 48.7 Å². The fourth-order valence-electron chi connectivity index (χ4n) is 3.40. The van der Waals surface area contributed by atoms with Crippen LogP contribution in [0.2, 0.25) is 0 Å². The third kappa shape index (κ3) is 1.41. The van der Waals surface area contributed by atoms with Crippen LogP contribution in [-0.4, -0.2) is 9.97 Å². The highest BCUT2D eigenvalue weighted by atomic mass is 15.0. The summed E-state index contributed by atoms with van der Waals surface area (Å²) >= 11 is 0. The predicted molar refractivity (Wildman–Crippen MR) is 64.1 cm³/mol. The Morgan fingerprint density at radius 1 is 1.12 bits per heavy atom. The van der Waals surface area contributed by atoms with Gasteiger partial charge in [0, 0.05) is 17.2 Å². The minimum Gasteiger partial charge on any atom is -0.383 e. The molecule has 0 aliphatic heterocycles. The van der Waals surface area contributed by atoms with E-state index >= 15 is 0 Å². The van der Waals surface area contributed by atoms with Crippen LogP contribution in [0.25, 0.3) is 0 Å². The number of aryl methyl sites for hydroxylation is 1. The van der Waals surface area contributed by atoms with Gasteiger partial charge >= 0.3 is 0 Å². The number of nitrogens with zero attached hydrogens (tertiary/aromatic N) is 2. The normalized spacial score (nSPS) is 32.2. The van der Waals surface area contributed by atoms with Crippen LogP contribution >= 0.6 is 0 Å². The van der Waals surface area contributed by atoms with Gasteiger partial charge in [-0.1, -0.05) is 6.42 Å². The zero-order chi connectivity index (χ0) is 11.3. The number of aromatic nitrogens is 2. The average molecular weight is 217 g/mol. The van der Waals surface area contributed by atoms with Crippen molar-refractivity contribution in [2.24, 2.45) is 11.8 Å². The Bertz CT molecular complexity index is 404. The first kappa shape index (κ1) is 10.1. The van der Waals surface area contributed by atoms with Gasteiger partial charge in [-0.2, -0.15) is 0 Å². The Kier molecular flexibility index (Phi) is 2.16. The van der Waals surface area contributed by atoms with Crippen molar-refractivity contribution in [1.82, 2.24) is 9.97 Å². The molecule has 2 saturated carbocycles. The summed E-state index contributed by atoms with van der Waals surface area (Å²) in [6.45, 7) is 4.03. The molecule has 3 nitrogen and oxygen atoms in total. The van der Waals surface area contributed by atoms with E-state index in [4.69, 9.17) is 5.73 Å². The van der Waals surface area contributed by atoms with Crippen LogP contribution in [0.5, 0.6) is 0 Å². The summed E-state index contributed by atoms with van der Waals surface area (Å²) in [6.07, 6.45) is 5.46. The lowest BCUT2D eigenvalue weighted by molar-refractivity contribution is 0.405. The topological polar surface area (TPSA) is 51.8 Å². The molecule has 2 bridgehead atoms. The van der Waals surface area contributed by atoms with E-state index in [9.17, 15) is 0 Å². The fraction of sp³-hybridized carbons (Fsp3) is 0.692. The van der Waals surface area contributed by atoms with Gasteiger partial charge in [-0.05, 0) is 44.9 Å². The molecule has 2 aliphatic carbocycles. The third-order valence-corrected chi connectivity index (χ3v) is 4.51. The molecule has 0 aromatic carbocycles. The van der Waals surface area contributed by atoms with Gasteiger partial charge in [0.2, 0.25) is 0 Å². The molecule has 3 heteroatoms. The summed E-state index contributed by atoms with van der Waals surface area (Å²) in [5.41, 5.74) is 8.02. The largest absolute Gasteiger partial charge is 0.383 e. The number of hydrogen-bond donors (Lipinski definition) is 1. The smallest absolute Gasteiger partial charge is 0.134 e. The molecule has 3 atom stereocenters. The molecule has 2 N–H and O–H groups in total. The van der Waals surface area contributed by atoms with Crippen molar-refractivity contribution in [3.8, 4) is 0 Å². The lowest BCUT2D eigenvalue weighted by Gasteiger charge is -2.21. The van der Waals surface area contributed by atoms with Crippen molar-refractivity contribution >= 4 is 5.82 Å². The van der Waals surface area contributed by atoms with E-state index in [0.29, 0.717) is 11.7 Å². The van der Waals surface area contributed by atoms with Crippen molar-refractivity contribution in [2.75, 3.05) is 5.73 Å². The Labute approximate surface area is 96.5 Å². The van der Waals surface area contributed by atoms with Gasteiger partial charge in [0.15, 0.2) is 0 Å². The van der Waals surface area contributed by atoms with Crippen molar-refractivity contribution < 1.29 is 0 Å². The van der Waals surface area contributed by atoms with E-state index in [1.807, 2.05) is 13.8 Å². The molecule has 16 heavy (non-hydrogen) atoms. The van der Waals surface area contributed by atoms with Crippen LogP contribution < -0.4 is 5.73 Å². The first-order valence-electron chi connectivity index (χ1n) is 6.25. The average Bonchev–Trinajstić information content (AvgIpc) is 2.86. The second kappa shape index (κ2) is 3.44. The highest BCUT2D eigenvalue weighted by Gasteiger charge is 2.41. The lowest BCUT2D eigenvalue weighted by Crippen LogP contribution is -2.14. The summed E-state index contributed by atoms with van der Waals surface area (Å²) in [7, 11) is 0. The molecule has 3 unspecified atom stereocenters. The molecule has 1 aromatic rings. The maximum atomic E-state index is 5.94. The highest BCUT2D eigenvalue weighted by molar-refractivity contribution is 5.41. The molecule has 0 saturated heterocycles. The second-order valence-corrected chi connectivity index (χ2v) is 5.46. The molecule has 0 radical (unpaired) electrons. The standard InChI is InChI=1S/C13H19N3/c1-7-8(2)15-13(16-12(7)14)11-6-9-3-4-10(11)5-9/h9-11H,3-6H2,1-2H3,(H2,14,15,16). The van der Waals surface area contributed by atoms with Gasteiger partial charge in [-0.15, -0.1) is 0 Å². The van der Waals surface area contributed by atoms with E-state index in [1.165, 1.54) is 25.7 Å². The van der Waals surface area contributed by atoms with Crippen molar-refractivity contribution in [3.05, 3.63) is 17.1 Å². The minimum atomic E-state index is 0.584. The second-order valence-electron chi connectivity index (χ2n) is 5.46. The predicted octanol–water partition coefficient (Wildman–Crippen LogP) is 2.58. The molecule has 3 rings (SSSR count). The Morgan fingerprint density at radius 3 is 2.50 bits per heavy atom. The highest BCUT2D eigenvalue weighted by Crippen LogP contribution is 2.52. The van der Waals surface area contributed by atoms with Crippen molar-refractivity contribution in [3.63, 3.8) is 0 Å². The van der Waals surface area contributed by atoms with E-state index in [0.717, 1.165) is 28.9 Å². The summed E-state index contributed by atoms with van der Waals surface area (Å²) in [6, 6.07) is 0. The van der Waals surface area contributed by atoms with E-state index in [2.05, 4.69) is 9.97 Å². The lowest BCUT2D eigenvalue weighted by atomic mass is 9.88. The van der Waals surface area contributed by atoms with Crippen LogP contribution in [-0.2, 0) is 0 Å². The first-order chi connectivity index (χ1) is 7.65. The van der Waals surface area contributed by atoms with Crippen LogP contribution in [0, 0.1) is 25.7 Å². The maximum Gasteiger partial charge on any atom is 0.134 e. The Balaban J connectivity index is 1.95. The molecule has 0 spiro atoms. The Hall–Kier alpha value is -1.12. The van der Waals surface area contributed by atoms with E-state index in [-0.39, 0.29) is 0 Å². The van der Waals surface area contributed by atoms with E-state index < -0.39 is 0 Å². The molecule has 0 amide bonds. The number of hydrogen-bond acceptors (Lipinski definition) is 3. The first-order valence-corrected chi connectivity index (χ1v) is 6.25. The van der Waals surface area contributed by atoms with Gasteiger partial charge in [-0.3, -0.25) is 0 Å². The maximum absolute atomic E-state index is 5.94. The molecule has 2 aliphatic rings. The fourth-order valence-corrected chi connectivity index (χ4v) is 3.40. The van der Waals surface area contributed by atoms with Crippen LogP contribution in [0.15, 0.2) is 0 Å². The number of nitrogens with two attached hydrogens (primary N) is 1. The van der Waals surface area contributed by atoms with Crippen LogP contribution in [0.4, 0.5) is 5.82 Å². The zero-order valence-corrected chi connectivity index (χ0v) is 10.0.